The number of Topliss-reactive ketones (excluding diaryl/α,β-unsaturated/α-hetero) is 1. The Labute approximate surface area is 179 Å². The van der Waals surface area contributed by atoms with Gasteiger partial charge < -0.3 is 14.6 Å². The first-order valence-electron chi connectivity index (χ1n) is 9.72. The Morgan fingerprint density at radius 1 is 1.10 bits per heavy atom. The van der Waals surface area contributed by atoms with Crippen molar-refractivity contribution in [3.63, 3.8) is 0 Å². The molecule has 0 aliphatic rings. The van der Waals surface area contributed by atoms with Gasteiger partial charge in [-0.05, 0) is 57.2 Å². The molecule has 0 aliphatic carbocycles. The quantitative estimate of drug-likeness (QED) is 0.407. The highest BCUT2D eigenvalue weighted by atomic mass is 32.2. The zero-order chi connectivity index (χ0) is 21.5. The molecule has 0 unspecified atom stereocenters. The van der Waals surface area contributed by atoms with Gasteiger partial charge in [-0.2, -0.15) is 0 Å². The molecule has 0 spiro atoms. The van der Waals surface area contributed by atoms with Crippen LogP contribution in [-0.4, -0.2) is 38.8 Å². The van der Waals surface area contributed by atoms with Gasteiger partial charge in [0.25, 0.3) is 0 Å². The first kappa shape index (κ1) is 21.6. The molecule has 0 saturated carbocycles. The number of aromatic nitrogens is 3. The maximum atomic E-state index is 12.4. The number of amides is 1. The standard InChI is InChI=1S/C22H24N4O3S/c1-4-26-21(16-9-11-19(12-10-16)29-5-2)24-25-22(26)30-14-20(28)23-18-8-6-7-17(13-18)15(3)27/h6-13H,4-5,14H2,1-3H3,(H,23,28). The average Bonchev–Trinajstić information content (AvgIpc) is 3.16. The molecule has 0 fully saturated rings. The maximum absolute atomic E-state index is 12.4. The summed E-state index contributed by atoms with van der Waals surface area (Å²) in [7, 11) is 0. The summed E-state index contributed by atoms with van der Waals surface area (Å²) in [6.45, 7) is 6.75. The van der Waals surface area contributed by atoms with Crippen LogP contribution in [0.1, 0.15) is 31.1 Å². The summed E-state index contributed by atoms with van der Waals surface area (Å²) in [6.07, 6.45) is 0. The summed E-state index contributed by atoms with van der Waals surface area (Å²) < 4.78 is 7.46. The van der Waals surface area contributed by atoms with Gasteiger partial charge in [-0.25, -0.2) is 0 Å². The van der Waals surface area contributed by atoms with Crippen molar-refractivity contribution in [2.75, 3.05) is 17.7 Å². The topological polar surface area (TPSA) is 86.1 Å². The number of ether oxygens (including phenoxy) is 1. The molecule has 3 rings (SSSR count). The van der Waals surface area contributed by atoms with Crippen LogP contribution in [0, 0.1) is 0 Å². The van der Waals surface area contributed by atoms with Crippen LogP contribution in [0.2, 0.25) is 0 Å². The molecule has 30 heavy (non-hydrogen) atoms. The van der Waals surface area contributed by atoms with Gasteiger partial charge in [0.05, 0.1) is 12.4 Å². The van der Waals surface area contributed by atoms with E-state index in [2.05, 4.69) is 15.5 Å². The van der Waals surface area contributed by atoms with Crippen molar-refractivity contribution in [1.82, 2.24) is 14.8 Å². The molecule has 8 heteroatoms. The van der Waals surface area contributed by atoms with Gasteiger partial charge in [-0.15, -0.1) is 10.2 Å². The third kappa shape index (κ3) is 5.27. The van der Waals surface area contributed by atoms with Crippen molar-refractivity contribution < 1.29 is 14.3 Å². The second-order valence-electron chi connectivity index (χ2n) is 6.48. The number of carbonyl (C=O) groups is 2. The van der Waals surface area contributed by atoms with Crippen molar-refractivity contribution in [2.24, 2.45) is 0 Å². The van der Waals surface area contributed by atoms with Crippen molar-refractivity contribution in [3.05, 3.63) is 54.1 Å². The summed E-state index contributed by atoms with van der Waals surface area (Å²) in [5.74, 6) is 1.53. The molecule has 1 heterocycles. The number of nitrogens with zero attached hydrogens (tertiary/aromatic N) is 3. The predicted molar refractivity (Wildman–Crippen MR) is 118 cm³/mol. The van der Waals surface area contributed by atoms with Crippen LogP contribution < -0.4 is 10.1 Å². The Morgan fingerprint density at radius 3 is 2.53 bits per heavy atom. The lowest BCUT2D eigenvalue weighted by Gasteiger charge is -2.09. The molecular formula is C22H24N4O3S. The molecule has 1 amide bonds. The van der Waals surface area contributed by atoms with Crippen LogP contribution in [0.5, 0.6) is 5.75 Å². The fourth-order valence-corrected chi connectivity index (χ4v) is 3.71. The number of hydrogen-bond donors (Lipinski definition) is 1. The lowest BCUT2D eigenvalue weighted by molar-refractivity contribution is -0.113. The molecule has 0 saturated heterocycles. The van der Waals surface area contributed by atoms with E-state index in [1.807, 2.05) is 42.7 Å². The molecule has 156 valence electrons. The molecule has 3 aromatic rings. The van der Waals surface area contributed by atoms with Crippen molar-refractivity contribution >= 4 is 29.1 Å². The Kier molecular flexibility index (Phi) is 7.24. The normalized spacial score (nSPS) is 10.6. The summed E-state index contributed by atoms with van der Waals surface area (Å²) in [6, 6.07) is 14.6. The van der Waals surface area contributed by atoms with E-state index in [1.165, 1.54) is 18.7 Å². The number of benzene rings is 2. The van der Waals surface area contributed by atoms with Gasteiger partial charge in [0.15, 0.2) is 16.8 Å². The van der Waals surface area contributed by atoms with Gasteiger partial charge in [-0.3, -0.25) is 9.59 Å². The highest BCUT2D eigenvalue weighted by Gasteiger charge is 2.15. The highest BCUT2D eigenvalue weighted by Crippen LogP contribution is 2.26. The van der Waals surface area contributed by atoms with Crippen molar-refractivity contribution in [1.29, 1.82) is 0 Å². The fourth-order valence-electron chi connectivity index (χ4n) is 2.90. The average molecular weight is 425 g/mol. The first-order valence-corrected chi connectivity index (χ1v) is 10.7. The van der Waals surface area contributed by atoms with Crippen LogP contribution in [-0.2, 0) is 11.3 Å². The van der Waals surface area contributed by atoms with E-state index in [-0.39, 0.29) is 17.4 Å². The minimum atomic E-state index is -0.172. The second kappa shape index (κ2) is 10.1. The SMILES string of the molecule is CCOc1ccc(-c2nnc(SCC(=O)Nc3cccc(C(C)=O)c3)n2CC)cc1. The zero-order valence-corrected chi connectivity index (χ0v) is 18.0. The number of ketones is 1. The van der Waals surface area contributed by atoms with Crippen LogP contribution in [0.25, 0.3) is 11.4 Å². The van der Waals surface area contributed by atoms with Gasteiger partial charge in [0.1, 0.15) is 5.75 Å². The molecule has 0 bridgehead atoms. The molecular weight excluding hydrogens is 400 g/mol. The van der Waals surface area contributed by atoms with Gasteiger partial charge in [0, 0.05) is 23.4 Å². The number of hydrogen-bond acceptors (Lipinski definition) is 6. The van der Waals surface area contributed by atoms with E-state index in [1.54, 1.807) is 24.3 Å². The van der Waals surface area contributed by atoms with E-state index >= 15 is 0 Å². The minimum absolute atomic E-state index is 0.0432. The lowest BCUT2D eigenvalue weighted by Crippen LogP contribution is -2.15. The lowest BCUT2D eigenvalue weighted by atomic mass is 10.1. The van der Waals surface area contributed by atoms with Crippen molar-refractivity contribution in [2.45, 2.75) is 32.5 Å². The van der Waals surface area contributed by atoms with E-state index in [0.717, 1.165) is 17.1 Å². The molecule has 0 radical (unpaired) electrons. The molecule has 0 atom stereocenters. The Hall–Kier alpha value is -3.13. The largest absolute Gasteiger partial charge is 0.494 e. The Morgan fingerprint density at radius 2 is 1.87 bits per heavy atom. The molecule has 1 aromatic heterocycles. The summed E-state index contributed by atoms with van der Waals surface area (Å²) in [5, 5.41) is 12.1. The third-order valence-electron chi connectivity index (χ3n) is 4.34. The van der Waals surface area contributed by atoms with Crippen LogP contribution in [0.15, 0.2) is 53.7 Å². The fraction of sp³-hybridized carbons (Fsp3) is 0.273. The number of nitrogens with one attached hydrogen (secondary N) is 1. The summed E-state index contributed by atoms with van der Waals surface area (Å²) in [4.78, 5) is 23.8. The minimum Gasteiger partial charge on any atom is -0.494 e. The van der Waals surface area contributed by atoms with E-state index in [9.17, 15) is 9.59 Å². The van der Waals surface area contributed by atoms with Crippen LogP contribution >= 0.6 is 11.8 Å². The smallest absolute Gasteiger partial charge is 0.234 e. The van der Waals surface area contributed by atoms with Crippen LogP contribution in [0.3, 0.4) is 0 Å². The Bertz CT molecular complexity index is 1030. The summed E-state index contributed by atoms with van der Waals surface area (Å²) in [5.41, 5.74) is 2.09. The monoisotopic (exact) mass is 424 g/mol. The molecule has 0 aliphatic heterocycles. The van der Waals surface area contributed by atoms with Crippen LogP contribution in [0.4, 0.5) is 5.69 Å². The van der Waals surface area contributed by atoms with Crippen molar-refractivity contribution in [3.8, 4) is 17.1 Å². The number of anilines is 1. The highest BCUT2D eigenvalue weighted by molar-refractivity contribution is 7.99. The van der Waals surface area contributed by atoms with E-state index in [0.29, 0.717) is 29.6 Å². The van der Waals surface area contributed by atoms with Gasteiger partial charge >= 0.3 is 0 Å². The number of carbonyl (C=O) groups excluding carboxylic acids is 2. The van der Waals surface area contributed by atoms with Gasteiger partial charge in [0.2, 0.25) is 5.91 Å². The third-order valence-corrected chi connectivity index (χ3v) is 5.31. The van der Waals surface area contributed by atoms with E-state index < -0.39 is 0 Å². The van der Waals surface area contributed by atoms with Gasteiger partial charge in [-0.1, -0.05) is 23.9 Å². The Balaban J connectivity index is 1.66. The summed E-state index contributed by atoms with van der Waals surface area (Å²) >= 11 is 1.32. The molecule has 2 aromatic carbocycles. The molecule has 7 nitrogen and oxygen atoms in total. The predicted octanol–water partition coefficient (Wildman–Crippen LogP) is 4.30. The van der Waals surface area contributed by atoms with E-state index in [4.69, 9.17) is 4.74 Å². The first-order chi connectivity index (χ1) is 14.5. The zero-order valence-electron chi connectivity index (χ0n) is 17.2. The number of thioether (sulfide) groups is 1. The maximum Gasteiger partial charge on any atom is 0.234 e. The second-order valence-corrected chi connectivity index (χ2v) is 7.42. The number of rotatable bonds is 9. The molecule has 1 N–H and O–H groups in total.